The maximum Gasteiger partial charge on any atom is 0.230 e. The molecule has 3 aliphatic heterocycles. The predicted octanol–water partition coefficient (Wildman–Crippen LogP) is 1.38. The normalized spacial score (nSPS) is 35.4. The van der Waals surface area contributed by atoms with Crippen molar-refractivity contribution in [3.63, 3.8) is 0 Å². The van der Waals surface area contributed by atoms with Gasteiger partial charge in [0.2, 0.25) is 11.8 Å². The second kappa shape index (κ2) is 6.19. The molecule has 0 aromatic rings. The number of likely N-dealkylation sites (tertiary alicyclic amines) is 2. The van der Waals surface area contributed by atoms with Gasteiger partial charge in [-0.25, -0.2) is 0 Å². The third-order valence-corrected chi connectivity index (χ3v) is 5.87. The molecule has 0 aromatic heterocycles. The summed E-state index contributed by atoms with van der Waals surface area (Å²) < 4.78 is 0. The van der Waals surface area contributed by atoms with Crippen LogP contribution in [0.3, 0.4) is 0 Å². The molecule has 3 fully saturated rings. The van der Waals surface area contributed by atoms with Crippen LogP contribution >= 0.6 is 0 Å². The zero-order valence-electron chi connectivity index (χ0n) is 13.9. The van der Waals surface area contributed by atoms with E-state index < -0.39 is 5.41 Å². The van der Waals surface area contributed by atoms with E-state index in [-0.39, 0.29) is 11.8 Å². The van der Waals surface area contributed by atoms with Crippen LogP contribution in [0.2, 0.25) is 0 Å². The Morgan fingerprint density at radius 1 is 1.09 bits per heavy atom. The Labute approximate surface area is 133 Å². The number of carbonyl (C=O) groups excluding carboxylic acids is 2. The lowest BCUT2D eigenvalue weighted by molar-refractivity contribution is -0.147. The van der Waals surface area contributed by atoms with Gasteiger partial charge in [-0.3, -0.25) is 9.59 Å². The van der Waals surface area contributed by atoms with Crippen molar-refractivity contribution in [2.45, 2.75) is 64.5 Å². The van der Waals surface area contributed by atoms with Gasteiger partial charge < -0.3 is 15.1 Å². The molecule has 22 heavy (non-hydrogen) atoms. The fourth-order valence-electron chi connectivity index (χ4n) is 4.39. The molecule has 3 saturated heterocycles. The fourth-order valence-corrected chi connectivity index (χ4v) is 4.39. The first-order valence-corrected chi connectivity index (χ1v) is 8.85. The van der Waals surface area contributed by atoms with E-state index in [2.05, 4.69) is 19.2 Å². The van der Waals surface area contributed by atoms with Crippen LogP contribution in [0.4, 0.5) is 0 Å². The fraction of sp³-hybridized carbons (Fsp3) is 0.882. The van der Waals surface area contributed by atoms with Crippen LogP contribution in [0.25, 0.3) is 0 Å². The molecule has 0 bridgehead atoms. The van der Waals surface area contributed by atoms with E-state index in [0.29, 0.717) is 25.0 Å². The standard InChI is InChI=1S/C17H29N3O2/c1-13-5-3-9-19(13)15(21)11-17(7-8-18-12-17)16(22)20-10-4-6-14(20)2/h13-14,18H,3-12H2,1-2H3. The summed E-state index contributed by atoms with van der Waals surface area (Å²) >= 11 is 0. The highest BCUT2D eigenvalue weighted by molar-refractivity contribution is 5.90. The number of rotatable bonds is 3. The molecule has 2 amide bonds. The van der Waals surface area contributed by atoms with Crippen LogP contribution in [-0.2, 0) is 9.59 Å². The van der Waals surface area contributed by atoms with Crippen molar-refractivity contribution in [1.82, 2.24) is 15.1 Å². The van der Waals surface area contributed by atoms with Crippen LogP contribution in [0.1, 0.15) is 52.4 Å². The summed E-state index contributed by atoms with van der Waals surface area (Å²) in [6.07, 6.45) is 5.54. The Morgan fingerprint density at radius 3 is 2.23 bits per heavy atom. The number of nitrogens with one attached hydrogen (secondary N) is 1. The van der Waals surface area contributed by atoms with Gasteiger partial charge in [-0.2, -0.15) is 0 Å². The number of nitrogens with zero attached hydrogens (tertiary/aromatic N) is 2. The molecule has 3 heterocycles. The molecule has 3 atom stereocenters. The van der Waals surface area contributed by atoms with Gasteiger partial charge in [0.15, 0.2) is 0 Å². The molecule has 0 radical (unpaired) electrons. The van der Waals surface area contributed by atoms with Gasteiger partial charge in [-0.1, -0.05) is 0 Å². The van der Waals surface area contributed by atoms with Crippen LogP contribution in [0.15, 0.2) is 0 Å². The van der Waals surface area contributed by atoms with E-state index in [1.807, 2.05) is 9.80 Å². The molecule has 124 valence electrons. The highest BCUT2D eigenvalue weighted by atomic mass is 16.2. The Hall–Kier alpha value is -1.10. The summed E-state index contributed by atoms with van der Waals surface area (Å²) in [6, 6.07) is 0.658. The first-order valence-electron chi connectivity index (χ1n) is 8.85. The van der Waals surface area contributed by atoms with Crippen molar-refractivity contribution in [3.8, 4) is 0 Å². The first-order chi connectivity index (χ1) is 10.5. The topological polar surface area (TPSA) is 52.7 Å². The van der Waals surface area contributed by atoms with Gasteiger partial charge >= 0.3 is 0 Å². The minimum absolute atomic E-state index is 0.175. The predicted molar refractivity (Wildman–Crippen MR) is 85.4 cm³/mol. The average Bonchev–Trinajstić information content (AvgIpc) is 3.20. The van der Waals surface area contributed by atoms with E-state index in [9.17, 15) is 9.59 Å². The lowest BCUT2D eigenvalue weighted by Gasteiger charge is -2.35. The van der Waals surface area contributed by atoms with Gasteiger partial charge in [0.05, 0.1) is 5.41 Å². The van der Waals surface area contributed by atoms with Crippen molar-refractivity contribution in [1.29, 1.82) is 0 Å². The summed E-state index contributed by atoms with van der Waals surface area (Å²) in [5, 5.41) is 3.32. The largest absolute Gasteiger partial charge is 0.340 e. The van der Waals surface area contributed by atoms with Crippen molar-refractivity contribution >= 4 is 11.8 Å². The Morgan fingerprint density at radius 2 is 1.73 bits per heavy atom. The average molecular weight is 307 g/mol. The maximum atomic E-state index is 13.1. The first kappa shape index (κ1) is 15.8. The summed E-state index contributed by atoms with van der Waals surface area (Å²) in [4.78, 5) is 29.9. The Bertz CT molecular complexity index is 445. The molecule has 3 aliphatic rings. The monoisotopic (exact) mass is 307 g/mol. The molecule has 0 saturated carbocycles. The second-order valence-electron chi connectivity index (χ2n) is 7.45. The zero-order valence-corrected chi connectivity index (χ0v) is 13.9. The van der Waals surface area contributed by atoms with E-state index in [0.717, 1.165) is 51.7 Å². The van der Waals surface area contributed by atoms with Crippen molar-refractivity contribution in [2.24, 2.45) is 5.41 Å². The summed E-state index contributed by atoms with van der Waals surface area (Å²) in [7, 11) is 0. The van der Waals surface area contributed by atoms with Gasteiger partial charge in [0.25, 0.3) is 0 Å². The quantitative estimate of drug-likeness (QED) is 0.857. The Kier molecular flexibility index (Phi) is 4.44. The van der Waals surface area contributed by atoms with Crippen LogP contribution in [-0.4, -0.2) is 59.9 Å². The molecular weight excluding hydrogens is 278 g/mol. The molecule has 3 rings (SSSR count). The van der Waals surface area contributed by atoms with Crippen LogP contribution in [0, 0.1) is 5.41 Å². The van der Waals surface area contributed by atoms with E-state index >= 15 is 0 Å². The third-order valence-electron chi connectivity index (χ3n) is 5.87. The van der Waals surface area contributed by atoms with Crippen LogP contribution in [0.5, 0.6) is 0 Å². The molecule has 0 spiro atoms. The molecular formula is C17H29N3O2. The minimum atomic E-state index is -0.502. The molecule has 0 aliphatic carbocycles. The van der Waals surface area contributed by atoms with Gasteiger partial charge in [0, 0.05) is 38.1 Å². The lowest BCUT2D eigenvalue weighted by atomic mass is 9.81. The van der Waals surface area contributed by atoms with Crippen molar-refractivity contribution < 1.29 is 9.59 Å². The SMILES string of the molecule is CC1CCCN1C(=O)CC1(C(=O)N2CCCC2C)CCNC1. The minimum Gasteiger partial charge on any atom is -0.340 e. The van der Waals surface area contributed by atoms with Gasteiger partial charge in [-0.05, 0) is 52.5 Å². The smallest absolute Gasteiger partial charge is 0.230 e. The molecule has 5 nitrogen and oxygen atoms in total. The van der Waals surface area contributed by atoms with Crippen molar-refractivity contribution in [3.05, 3.63) is 0 Å². The van der Waals surface area contributed by atoms with Gasteiger partial charge in [-0.15, -0.1) is 0 Å². The van der Waals surface area contributed by atoms with E-state index in [4.69, 9.17) is 0 Å². The highest BCUT2D eigenvalue weighted by Crippen LogP contribution is 2.36. The summed E-state index contributed by atoms with van der Waals surface area (Å²) in [6.45, 7) is 7.47. The number of hydrogen-bond acceptors (Lipinski definition) is 3. The summed E-state index contributed by atoms with van der Waals surface area (Å²) in [5.41, 5.74) is -0.502. The number of carbonyl (C=O) groups is 2. The van der Waals surface area contributed by atoms with E-state index in [1.165, 1.54) is 0 Å². The summed E-state index contributed by atoms with van der Waals surface area (Å²) in [5.74, 6) is 0.386. The second-order valence-corrected chi connectivity index (χ2v) is 7.45. The van der Waals surface area contributed by atoms with E-state index in [1.54, 1.807) is 0 Å². The molecule has 3 unspecified atom stereocenters. The van der Waals surface area contributed by atoms with Gasteiger partial charge in [0.1, 0.15) is 0 Å². The highest BCUT2D eigenvalue weighted by Gasteiger charge is 2.47. The van der Waals surface area contributed by atoms with Crippen molar-refractivity contribution in [2.75, 3.05) is 26.2 Å². The number of hydrogen-bond donors (Lipinski definition) is 1. The van der Waals surface area contributed by atoms with Crippen LogP contribution < -0.4 is 5.32 Å². The molecule has 1 N–H and O–H groups in total. The molecule has 0 aromatic carbocycles. The zero-order chi connectivity index (χ0) is 15.7. The third kappa shape index (κ3) is 2.75. The lowest BCUT2D eigenvalue weighted by Crippen LogP contribution is -2.49. The maximum absolute atomic E-state index is 13.1. The molecule has 5 heteroatoms. The Balaban J connectivity index is 1.73. The number of amides is 2.